The lowest BCUT2D eigenvalue weighted by molar-refractivity contribution is 0.550. The second kappa shape index (κ2) is 6.66. The summed E-state index contributed by atoms with van der Waals surface area (Å²) in [4.78, 5) is 0.555. The largest absolute Gasteiger partial charge is 0.260 e. The summed E-state index contributed by atoms with van der Waals surface area (Å²) in [6, 6.07) is 2.71. The van der Waals surface area contributed by atoms with E-state index in [9.17, 15) is 8.78 Å². The van der Waals surface area contributed by atoms with Crippen LogP contribution in [0.5, 0.6) is 0 Å². The molecule has 0 atom stereocenters. The third-order valence-corrected chi connectivity index (χ3v) is 2.95. The van der Waals surface area contributed by atoms with Crippen LogP contribution in [0.3, 0.4) is 0 Å². The number of hydrogen-bond donors (Lipinski definition) is 1. The number of nitrogens with one attached hydrogen (secondary N) is 1. The van der Waals surface area contributed by atoms with Gasteiger partial charge in [-0.3, -0.25) is 4.72 Å². The molecule has 0 bridgehead atoms. The van der Waals surface area contributed by atoms with E-state index in [0.29, 0.717) is 17.7 Å². The summed E-state index contributed by atoms with van der Waals surface area (Å²) in [5.41, 5.74) is 0.140. The SMILES string of the molecule is C=CCCc1c(F)cc(SNCC)cc1F. The Balaban J connectivity index is 2.84. The van der Waals surface area contributed by atoms with Crippen LogP contribution in [0, 0.1) is 11.6 Å². The summed E-state index contributed by atoms with van der Waals surface area (Å²) >= 11 is 1.23. The maximum Gasteiger partial charge on any atom is 0.130 e. The standard InChI is InChI=1S/C12H15F2NS/c1-3-5-6-10-11(13)7-9(8-12(10)14)16-15-4-2/h3,7-8,15H,1,4-6H2,2H3. The maximum absolute atomic E-state index is 13.5. The number of benzene rings is 1. The average molecular weight is 243 g/mol. The third kappa shape index (κ3) is 3.61. The molecule has 0 radical (unpaired) electrons. The van der Waals surface area contributed by atoms with E-state index in [2.05, 4.69) is 11.3 Å². The van der Waals surface area contributed by atoms with Gasteiger partial charge >= 0.3 is 0 Å². The average Bonchev–Trinajstić information content (AvgIpc) is 2.25. The van der Waals surface area contributed by atoms with Crippen molar-refractivity contribution in [2.45, 2.75) is 24.7 Å². The van der Waals surface area contributed by atoms with E-state index in [-0.39, 0.29) is 5.56 Å². The van der Waals surface area contributed by atoms with Crippen LogP contribution in [0.2, 0.25) is 0 Å². The minimum absolute atomic E-state index is 0.140. The minimum atomic E-state index is -0.484. The lowest BCUT2D eigenvalue weighted by Gasteiger charge is -2.07. The van der Waals surface area contributed by atoms with Crippen molar-refractivity contribution in [3.63, 3.8) is 0 Å². The zero-order valence-corrected chi connectivity index (χ0v) is 10.0. The van der Waals surface area contributed by atoms with Crippen LogP contribution in [0.25, 0.3) is 0 Å². The molecule has 1 rings (SSSR count). The molecule has 0 fully saturated rings. The fourth-order valence-corrected chi connectivity index (χ4v) is 1.92. The molecule has 0 spiro atoms. The lowest BCUT2D eigenvalue weighted by Crippen LogP contribution is -2.02. The smallest absolute Gasteiger partial charge is 0.130 e. The highest BCUT2D eigenvalue weighted by Gasteiger charge is 2.10. The predicted octanol–water partition coefficient (Wildman–Crippen LogP) is 3.70. The molecule has 0 heterocycles. The zero-order chi connectivity index (χ0) is 12.0. The second-order valence-corrected chi connectivity index (χ2v) is 4.26. The summed E-state index contributed by atoms with van der Waals surface area (Å²) in [5, 5.41) is 0. The second-order valence-electron chi connectivity index (χ2n) is 3.29. The minimum Gasteiger partial charge on any atom is -0.260 e. The van der Waals surface area contributed by atoms with Crippen molar-refractivity contribution < 1.29 is 8.78 Å². The van der Waals surface area contributed by atoms with Gasteiger partial charge in [0.05, 0.1) is 0 Å². The summed E-state index contributed by atoms with van der Waals surface area (Å²) in [6.07, 6.45) is 2.58. The molecule has 1 nitrogen and oxygen atoms in total. The summed E-state index contributed by atoms with van der Waals surface area (Å²) in [6.45, 7) is 6.21. The van der Waals surface area contributed by atoms with E-state index in [0.717, 1.165) is 6.54 Å². The van der Waals surface area contributed by atoms with Crippen LogP contribution >= 0.6 is 11.9 Å². The molecule has 1 aromatic carbocycles. The van der Waals surface area contributed by atoms with Gasteiger partial charge in [0, 0.05) is 17.0 Å². The molecule has 0 aliphatic heterocycles. The molecule has 4 heteroatoms. The molecular formula is C12H15F2NS. The normalized spacial score (nSPS) is 10.4. The lowest BCUT2D eigenvalue weighted by atomic mass is 10.1. The molecule has 0 saturated heterocycles. The van der Waals surface area contributed by atoms with Crippen molar-refractivity contribution >= 4 is 11.9 Å². The van der Waals surface area contributed by atoms with Crippen molar-refractivity contribution in [2.24, 2.45) is 0 Å². The van der Waals surface area contributed by atoms with E-state index in [1.807, 2.05) is 6.92 Å². The van der Waals surface area contributed by atoms with Gasteiger partial charge in [-0.25, -0.2) is 8.78 Å². The Labute approximate surface area is 99.1 Å². The number of hydrogen-bond acceptors (Lipinski definition) is 2. The fourth-order valence-electron chi connectivity index (χ4n) is 1.28. The van der Waals surface area contributed by atoms with E-state index in [1.165, 1.54) is 24.1 Å². The van der Waals surface area contributed by atoms with E-state index in [1.54, 1.807) is 6.08 Å². The Hall–Kier alpha value is -0.870. The van der Waals surface area contributed by atoms with Gasteiger partial charge in [0.15, 0.2) is 0 Å². The van der Waals surface area contributed by atoms with Crippen LogP contribution in [0.15, 0.2) is 29.7 Å². The van der Waals surface area contributed by atoms with Crippen LogP contribution < -0.4 is 4.72 Å². The first-order valence-electron chi connectivity index (χ1n) is 5.17. The highest BCUT2D eigenvalue weighted by atomic mass is 32.2. The van der Waals surface area contributed by atoms with Crippen LogP contribution in [0.1, 0.15) is 18.9 Å². The molecule has 0 aliphatic rings. The van der Waals surface area contributed by atoms with E-state index < -0.39 is 11.6 Å². The Morgan fingerprint density at radius 2 is 2.00 bits per heavy atom. The van der Waals surface area contributed by atoms with Crippen molar-refractivity contribution in [1.29, 1.82) is 0 Å². The zero-order valence-electron chi connectivity index (χ0n) is 9.22. The molecule has 0 amide bonds. The van der Waals surface area contributed by atoms with Gasteiger partial charge in [-0.2, -0.15) is 0 Å². The Morgan fingerprint density at radius 3 is 2.50 bits per heavy atom. The topological polar surface area (TPSA) is 12.0 Å². The van der Waals surface area contributed by atoms with E-state index in [4.69, 9.17) is 0 Å². The third-order valence-electron chi connectivity index (χ3n) is 2.05. The van der Waals surface area contributed by atoms with E-state index >= 15 is 0 Å². The van der Waals surface area contributed by atoms with Gasteiger partial charge in [-0.1, -0.05) is 13.0 Å². The van der Waals surface area contributed by atoms with Gasteiger partial charge in [-0.05, 0) is 36.9 Å². The number of rotatable bonds is 6. The Kier molecular flexibility index (Phi) is 5.49. The highest BCUT2D eigenvalue weighted by Crippen LogP contribution is 2.22. The van der Waals surface area contributed by atoms with Crippen LogP contribution in [0.4, 0.5) is 8.78 Å². The predicted molar refractivity (Wildman–Crippen MR) is 64.4 cm³/mol. The van der Waals surface area contributed by atoms with Crippen LogP contribution in [-0.4, -0.2) is 6.54 Å². The number of halogens is 2. The quantitative estimate of drug-likeness (QED) is 0.604. The molecule has 88 valence electrons. The van der Waals surface area contributed by atoms with Crippen molar-refractivity contribution in [1.82, 2.24) is 4.72 Å². The fraction of sp³-hybridized carbons (Fsp3) is 0.333. The Bertz CT molecular complexity index is 343. The Morgan fingerprint density at radius 1 is 1.38 bits per heavy atom. The molecule has 16 heavy (non-hydrogen) atoms. The van der Waals surface area contributed by atoms with Gasteiger partial charge in [0.25, 0.3) is 0 Å². The van der Waals surface area contributed by atoms with Crippen LogP contribution in [-0.2, 0) is 6.42 Å². The molecule has 1 aromatic rings. The first-order chi connectivity index (χ1) is 7.69. The first kappa shape index (κ1) is 13.2. The number of allylic oxidation sites excluding steroid dienone is 1. The van der Waals surface area contributed by atoms with Crippen molar-refractivity contribution in [2.75, 3.05) is 6.54 Å². The summed E-state index contributed by atoms with van der Waals surface area (Å²) in [5.74, 6) is -0.968. The molecule has 1 N–H and O–H groups in total. The monoisotopic (exact) mass is 243 g/mol. The van der Waals surface area contributed by atoms with Gasteiger partial charge < -0.3 is 0 Å². The molecule has 0 unspecified atom stereocenters. The highest BCUT2D eigenvalue weighted by molar-refractivity contribution is 7.97. The molecule has 0 saturated carbocycles. The molecular weight excluding hydrogens is 228 g/mol. The maximum atomic E-state index is 13.5. The van der Waals surface area contributed by atoms with Gasteiger partial charge in [0.1, 0.15) is 11.6 Å². The summed E-state index contributed by atoms with van der Waals surface area (Å²) in [7, 11) is 0. The van der Waals surface area contributed by atoms with Crippen molar-refractivity contribution in [3.8, 4) is 0 Å². The van der Waals surface area contributed by atoms with Gasteiger partial charge in [0.2, 0.25) is 0 Å². The summed E-state index contributed by atoms with van der Waals surface area (Å²) < 4.78 is 30.0. The molecule has 0 aromatic heterocycles. The van der Waals surface area contributed by atoms with Crippen molar-refractivity contribution in [3.05, 3.63) is 42.0 Å². The molecule has 0 aliphatic carbocycles. The van der Waals surface area contributed by atoms with Gasteiger partial charge in [-0.15, -0.1) is 6.58 Å². The first-order valence-corrected chi connectivity index (χ1v) is 5.99.